The smallest absolute Gasteiger partial charge is 0.303 e. The fourth-order valence-corrected chi connectivity index (χ4v) is 2.80. The first-order valence-corrected chi connectivity index (χ1v) is 5.98. The molecule has 1 aliphatic carbocycles. The van der Waals surface area contributed by atoms with Crippen LogP contribution in [0.4, 0.5) is 0 Å². The molecular formula is C14H18O2. The lowest BCUT2D eigenvalue weighted by Gasteiger charge is -2.29. The SMILES string of the molecule is CC(CC(=O)O)C1CCCc2ccccc21. The van der Waals surface area contributed by atoms with Gasteiger partial charge < -0.3 is 5.11 Å². The van der Waals surface area contributed by atoms with E-state index >= 15 is 0 Å². The van der Waals surface area contributed by atoms with Crippen LogP contribution < -0.4 is 0 Å². The Morgan fingerprint density at radius 3 is 3.00 bits per heavy atom. The van der Waals surface area contributed by atoms with E-state index in [0.717, 1.165) is 12.8 Å². The van der Waals surface area contributed by atoms with Gasteiger partial charge in [0.2, 0.25) is 0 Å². The molecule has 86 valence electrons. The summed E-state index contributed by atoms with van der Waals surface area (Å²) in [4.78, 5) is 10.8. The number of hydrogen-bond donors (Lipinski definition) is 1. The minimum atomic E-state index is -0.685. The predicted molar refractivity (Wildman–Crippen MR) is 63.5 cm³/mol. The molecule has 2 unspecified atom stereocenters. The van der Waals surface area contributed by atoms with Crippen LogP contribution in [0.1, 0.15) is 43.2 Å². The molecule has 0 spiro atoms. The summed E-state index contributed by atoms with van der Waals surface area (Å²) in [5.41, 5.74) is 2.79. The minimum absolute atomic E-state index is 0.235. The fraction of sp³-hybridized carbons (Fsp3) is 0.500. The number of fused-ring (bicyclic) bond motifs is 1. The maximum atomic E-state index is 10.8. The molecule has 0 saturated carbocycles. The molecule has 0 bridgehead atoms. The van der Waals surface area contributed by atoms with Crippen molar-refractivity contribution in [3.05, 3.63) is 35.4 Å². The maximum Gasteiger partial charge on any atom is 0.303 e. The van der Waals surface area contributed by atoms with Gasteiger partial charge >= 0.3 is 5.97 Å². The van der Waals surface area contributed by atoms with Gasteiger partial charge in [0.1, 0.15) is 0 Å². The van der Waals surface area contributed by atoms with Crippen molar-refractivity contribution < 1.29 is 9.90 Å². The van der Waals surface area contributed by atoms with Crippen molar-refractivity contribution >= 4 is 5.97 Å². The largest absolute Gasteiger partial charge is 0.481 e. The van der Waals surface area contributed by atoms with E-state index in [-0.39, 0.29) is 12.3 Å². The van der Waals surface area contributed by atoms with Gasteiger partial charge in [-0.3, -0.25) is 4.79 Å². The summed E-state index contributed by atoms with van der Waals surface area (Å²) >= 11 is 0. The van der Waals surface area contributed by atoms with Gasteiger partial charge in [0.25, 0.3) is 0 Å². The van der Waals surface area contributed by atoms with Crippen LogP contribution in [0.2, 0.25) is 0 Å². The number of carboxylic acids is 1. The molecule has 0 fully saturated rings. The summed E-state index contributed by atoms with van der Waals surface area (Å²) in [5, 5.41) is 8.86. The normalized spacial score (nSPS) is 21.2. The van der Waals surface area contributed by atoms with E-state index in [4.69, 9.17) is 5.11 Å². The van der Waals surface area contributed by atoms with E-state index in [2.05, 4.69) is 31.2 Å². The Kier molecular flexibility index (Phi) is 3.28. The molecule has 2 atom stereocenters. The molecule has 1 aromatic carbocycles. The Labute approximate surface area is 96.3 Å². The maximum absolute atomic E-state index is 10.8. The first kappa shape index (κ1) is 11.2. The van der Waals surface area contributed by atoms with Crippen molar-refractivity contribution in [1.82, 2.24) is 0 Å². The Hall–Kier alpha value is -1.31. The van der Waals surface area contributed by atoms with Crippen LogP contribution >= 0.6 is 0 Å². The first-order valence-electron chi connectivity index (χ1n) is 5.98. The summed E-state index contributed by atoms with van der Waals surface area (Å²) in [5.74, 6) is -0.0180. The van der Waals surface area contributed by atoms with Crippen molar-refractivity contribution in [3.8, 4) is 0 Å². The molecule has 0 saturated heterocycles. The van der Waals surface area contributed by atoms with E-state index < -0.39 is 5.97 Å². The number of carboxylic acid groups (broad SMARTS) is 1. The van der Waals surface area contributed by atoms with Gasteiger partial charge in [-0.1, -0.05) is 31.2 Å². The Balaban J connectivity index is 2.21. The number of benzene rings is 1. The first-order chi connectivity index (χ1) is 7.68. The quantitative estimate of drug-likeness (QED) is 0.845. The second-order valence-electron chi connectivity index (χ2n) is 4.77. The number of aliphatic carboxylic acids is 1. The Morgan fingerprint density at radius 1 is 1.50 bits per heavy atom. The van der Waals surface area contributed by atoms with E-state index in [1.54, 1.807) is 0 Å². The fourth-order valence-electron chi connectivity index (χ4n) is 2.80. The van der Waals surface area contributed by atoms with Gasteiger partial charge in [-0.05, 0) is 42.2 Å². The zero-order chi connectivity index (χ0) is 11.5. The van der Waals surface area contributed by atoms with Crippen molar-refractivity contribution in [3.63, 3.8) is 0 Å². The van der Waals surface area contributed by atoms with Crippen LogP contribution in [0.3, 0.4) is 0 Å². The third kappa shape index (κ3) is 2.26. The average molecular weight is 218 g/mol. The third-order valence-corrected chi connectivity index (χ3v) is 3.60. The Morgan fingerprint density at radius 2 is 2.25 bits per heavy atom. The highest BCUT2D eigenvalue weighted by molar-refractivity contribution is 5.67. The molecule has 16 heavy (non-hydrogen) atoms. The van der Waals surface area contributed by atoms with E-state index in [1.165, 1.54) is 17.5 Å². The van der Waals surface area contributed by atoms with Crippen LogP contribution in [-0.2, 0) is 11.2 Å². The van der Waals surface area contributed by atoms with Crippen molar-refractivity contribution in [2.75, 3.05) is 0 Å². The van der Waals surface area contributed by atoms with Crippen LogP contribution in [0, 0.1) is 5.92 Å². The third-order valence-electron chi connectivity index (χ3n) is 3.60. The monoisotopic (exact) mass is 218 g/mol. The van der Waals surface area contributed by atoms with Crippen LogP contribution in [0.15, 0.2) is 24.3 Å². The molecule has 2 heteroatoms. The lowest BCUT2D eigenvalue weighted by molar-refractivity contribution is -0.138. The molecule has 1 aromatic rings. The molecule has 0 aromatic heterocycles. The zero-order valence-electron chi connectivity index (χ0n) is 9.65. The van der Waals surface area contributed by atoms with Crippen molar-refractivity contribution in [2.24, 2.45) is 5.92 Å². The summed E-state index contributed by atoms with van der Waals surface area (Å²) in [6.45, 7) is 2.06. The molecule has 2 rings (SSSR count). The molecule has 2 nitrogen and oxygen atoms in total. The number of hydrogen-bond acceptors (Lipinski definition) is 1. The number of aryl methyl sites for hydroxylation is 1. The minimum Gasteiger partial charge on any atom is -0.481 e. The van der Waals surface area contributed by atoms with E-state index in [1.807, 2.05) is 0 Å². The van der Waals surface area contributed by atoms with Crippen LogP contribution in [0.25, 0.3) is 0 Å². The average Bonchev–Trinajstić information content (AvgIpc) is 2.27. The predicted octanol–water partition coefficient (Wildman–Crippen LogP) is 3.22. The lowest BCUT2D eigenvalue weighted by atomic mass is 9.75. The van der Waals surface area contributed by atoms with Crippen molar-refractivity contribution in [1.29, 1.82) is 0 Å². The highest BCUT2D eigenvalue weighted by atomic mass is 16.4. The molecule has 0 amide bonds. The topological polar surface area (TPSA) is 37.3 Å². The second-order valence-corrected chi connectivity index (χ2v) is 4.77. The van der Waals surface area contributed by atoms with Crippen LogP contribution in [0.5, 0.6) is 0 Å². The molecule has 0 aliphatic heterocycles. The van der Waals surface area contributed by atoms with Gasteiger partial charge in [-0.15, -0.1) is 0 Å². The van der Waals surface area contributed by atoms with Crippen molar-refractivity contribution in [2.45, 2.75) is 38.5 Å². The summed E-state index contributed by atoms with van der Waals surface area (Å²) in [7, 11) is 0. The molecule has 1 aliphatic rings. The number of carbonyl (C=O) groups is 1. The highest BCUT2D eigenvalue weighted by Gasteiger charge is 2.26. The second kappa shape index (κ2) is 4.69. The van der Waals surface area contributed by atoms with E-state index in [0.29, 0.717) is 5.92 Å². The summed E-state index contributed by atoms with van der Waals surface area (Å²) in [6, 6.07) is 8.47. The van der Waals surface area contributed by atoms with E-state index in [9.17, 15) is 4.79 Å². The highest BCUT2D eigenvalue weighted by Crippen LogP contribution is 2.37. The van der Waals surface area contributed by atoms with Gasteiger partial charge in [0.05, 0.1) is 0 Å². The van der Waals surface area contributed by atoms with Gasteiger partial charge in [-0.2, -0.15) is 0 Å². The summed E-state index contributed by atoms with van der Waals surface area (Å²) in [6.07, 6.45) is 3.74. The molecule has 0 radical (unpaired) electrons. The Bertz CT molecular complexity index is 384. The molecule has 1 N–H and O–H groups in total. The standard InChI is InChI=1S/C14H18O2/c1-10(9-14(15)16)12-8-4-6-11-5-2-3-7-13(11)12/h2-3,5,7,10,12H,4,6,8-9H2,1H3,(H,15,16). The lowest BCUT2D eigenvalue weighted by Crippen LogP contribution is -2.18. The molecular weight excluding hydrogens is 200 g/mol. The zero-order valence-corrected chi connectivity index (χ0v) is 9.65. The van der Waals surface area contributed by atoms with Crippen LogP contribution in [-0.4, -0.2) is 11.1 Å². The summed E-state index contributed by atoms with van der Waals surface area (Å²) < 4.78 is 0. The van der Waals surface area contributed by atoms with Gasteiger partial charge in [0, 0.05) is 6.42 Å². The molecule has 0 heterocycles. The van der Waals surface area contributed by atoms with Gasteiger partial charge in [-0.25, -0.2) is 0 Å². The number of rotatable bonds is 3. The van der Waals surface area contributed by atoms with Gasteiger partial charge in [0.15, 0.2) is 0 Å².